The number of benzene rings is 3. The first kappa shape index (κ1) is 21.3. The molecule has 0 saturated carbocycles. The van der Waals surface area contributed by atoms with E-state index in [4.69, 9.17) is 4.74 Å². The SMILES string of the molecule is CCOc1ccc(/C=[N+]2\NC(=O)[C@@H](NC(=O)c3cccc(C)c3)[C@@H]2c2ccccc2)cc1. The van der Waals surface area contributed by atoms with Crippen molar-refractivity contribution in [3.05, 3.63) is 101 Å². The van der Waals surface area contributed by atoms with E-state index in [-0.39, 0.29) is 11.8 Å². The standard InChI is InChI=1S/C26H25N3O3/c1-3-32-22-14-12-19(13-15-22)17-29-24(20-9-5-4-6-10-20)23(26(31)28-29)27-25(30)21-11-7-8-18(2)16-21/h4-17,23-24H,3H2,1-2H3,(H-,27,28,30,31)/p+1/b29-17-/t23-,24-/m0/s1. The first-order valence-electron chi connectivity index (χ1n) is 10.6. The summed E-state index contributed by atoms with van der Waals surface area (Å²) in [5.41, 5.74) is 6.24. The minimum Gasteiger partial charge on any atom is -0.494 e. The van der Waals surface area contributed by atoms with Crippen molar-refractivity contribution in [2.45, 2.75) is 25.9 Å². The number of nitrogens with zero attached hydrogens (tertiary/aromatic N) is 1. The van der Waals surface area contributed by atoms with E-state index in [1.165, 1.54) is 0 Å². The molecule has 1 saturated heterocycles. The zero-order chi connectivity index (χ0) is 22.5. The van der Waals surface area contributed by atoms with Gasteiger partial charge in [-0.1, -0.05) is 48.0 Å². The van der Waals surface area contributed by atoms with Gasteiger partial charge in [0.25, 0.3) is 5.91 Å². The predicted octanol–water partition coefficient (Wildman–Crippen LogP) is 3.41. The van der Waals surface area contributed by atoms with Crippen LogP contribution < -0.4 is 15.5 Å². The van der Waals surface area contributed by atoms with E-state index in [2.05, 4.69) is 10.7 Å². The molecule has 2 atom stereocenters. The monoisotopic (exact) mass is 428 g/mol. The Bertz CT molecular complexity index is 1140. The van der Waals surface area contributed by atoms with Crippen LogP contribution in [0, 0.1) is 6.92 Å². The molecule has 1 aliphatic rings. The van der Waals surface area contributed by atoms with Crippen LogP contribution in [0.1, 0.15) is 40.0 Å². The Labute approximate surface area is 187 Å². The summed E-state index contributed by atoms with van der Waals surface area (Å²) in [5, 5.41) is 2.93. The fourth-order valence-corrected chi connectivity index (χ4v) is 3.82. The molecule has 0 spiro atoms. The van der Waals surface area contributed by atoms with Crippen molar-refractivity contribution in [1.29, 1.82) is 0 Å². The summed E-state index contributed by atoms with van der Waals surface area (Å²) in [6.45, 7) is 4.47. The highest BCUT2D eigenvalue weighted by Gasteiger charge is 2.47. The number of carbonyl (C=O) groups is 2. The molecule has 6 nitrogen and oxygen atoms in total. The molecule has 0 aromatic heterocycles. The van der Waals surface area contributed by atoms with E-state index in [9.17, 15) is 9.59 Å². The summed E-state index contributed by atoms with van der Waals surface area (Å²) >= 11 is 0. The lowest BCUT2D eigenvalue weighted by molar-refractivity contribution is -0.596. The Balaban J connectivity index is 1.65. The highest BCUT2D eigenvalue weighted by Crippen LogP contribution is 2.25. The van der Waals surface area contributed by atoms with Crippen LogP contribution in [0.15, 0.2) is 78.9 Å². The number of carbonyl (C=O) groups excluding carboxylic acids is 2. The normalized spacial score (nSPS) is 18.9. The van der Waals surface area contributed by atoms with Gasteiger partial charge in [-0.3, -0.25) is 9.59 Å². The molecule has 1 fully saturated rings. The molecule has 0 radical (unpaired) electrons. The Morgan fingerprint density at radius 3 is 2.50 bits per heavy atom. The Hall–Kier alpha value is -3.93. The number of ether oxygens (including phenoxy) is 1. The van der Waals surface area contributed by atoms with E-state index in [1.54, 1.807) is 10.8 Å². The van der Waals surface area contributed by atoms with Crippen molar-refractivity contribution in [3.63, 3.8) is 0 Å². The highest BCUT2D eigenvalue weighted by atomic mass is 16.5. The van der Waals surface area contributed by atoms with Gasteiger partial charge >= 0.3 is 5.91 Å². The van der Waals surface area contributed by atoms with Crippen molar-refractivity contribution in [2.75, 3.05) is 6.61 Å². The molecular weight excluding hydrogens is 402 g/mol. The van der Waals surface area contributed by atoms with Crippen molar-refractivity contribution < 1.29 is 19.0 Å². The van der Waals surface area contributed by atoms with Crippen LogP contribution in [0.4, 0.5) is 0 Å². The zero-order valence-electron chi connectivity index (χ0n) is 18.1. The van der Waals surface area contributed by atoms with Crippen LogP contribution in [0.3, 0.4) is 0 Å². The second kappa shape index (κ2) is 9.47. The molecule has 32 heavy (non-hydrogen) atoms. The molecule has 1 aliphatic heterocycles. The molecule has 0 unspecified atom stereocenters. The first-order valence-corrected chi connectivity index (χ1v) is 10.6. The van der Waals surface area contributed by atoms with E-state index in [1.807, 2.05) is 92.9 Å². The highest BCUT2D eigenvalue weighted by molar-refractivity contribution is 5.98. The molecule has 162 valence electrons. The smallest absolute Gasteiger partial charge is 0.304 e. The van der Waals surface area contributed by atoms with E-state index in [0.717, 1.165) is 22.4 Å². The fourth-order valence-electron chi connectivity index (χ4n) is 3.82. The number of hydrazone groups is 1. The minimum absolute atomic E-state index is 0.262. The van der Waals surface area contributed by atoms with E-state index < -0.39 is 12.1 Å². The molecule has 0 aliphatic carbocycles. The Morgan fingerprint density at radius 1 is 1.06 bits per heavy atom. The number of nitrogens with one attached hydrogen (secondary N) is 2. The van der Waals surface area contributed by atoms with Crippen LogP contribution >= 0.6 is 0 Å². The number of rotatable bonds is 6. The van der Waals surface area contributed by atoms with Gasteiger partial charge in [0.2, 0.25) is 12.3 Å². The lowest BCUT2D eigenvalue weighted by Gasteiger charge is -2.15. The maximum atomic E-state index is 12.9. The van der Waals surface area contributed by atoms with Crippen LogP contribution in [0.2, 0.25) is 0 Å². The first-order chi connectivity index (χ1) is 15.5. The summed E-state index contributed by atoms with van der Waals surface area (Å²) < 4.78 is 7.26. The van der Waals surface area contributed by atoms with Crippen molar-refractivity contribution in [2.24, 2.45) is 0 Å². The quantitative estimate of drug-likeness (QED) is 0.591. The van der Waals surface area contributed by atoms with Crippen molar-refractivity contribution >= 4 is 18.0 Å². The largest absolute Gasteiger partial charge is 0.494 e. The maximum Gasteiger partial charge on any atom is 0.304 e. The summed E-state index contributed by atoms with van der Waals surface area (Å²) in [6, 6.07) is 23.5. The third-order valence-electron chi connectivity index (χ3n) is 5.32. The van der Waals surface area contributed by atoms with Crippen molar-refractivity contribution in [1.82, 2.24) is 10.7 Å². The molecular formula is C26H26N3O3+. The van der Waals surface area contributed by atoms with Gasteiger partial charge in [0, 0.05) is 16.7 Å². The lowest BCUT2D eigenvalue weighted by Crippen LogP contribution is -2.42. The third kappa shape index (κ3) is 4.70. The Morgan fingerprint density at radius 2 is 1.81 bits per heavy atom. The topological polar surface area (TPSA) is 70.4 Å². The van der Waals surface area contributed by atoms with Crippen molar-refractivity contribution in [3.8, 4) is 5.75 Å². The lowest BCUT2D eigenvalue weighted by atomic mass is 9.99. The van der Waals surface area contributed by atoms with Crippen LogP contribution in [-0.4, -0.2) is 35.4 Å². The van der Waals surface area contributed by atoms with Gasteiger partial charge in [-0.05, 0) is 50.2 Å². The Kier molecular flexibility index (Phi) is 6.31. The molecule has 0 bridgehead atoms. The van der Waals surface area contributed by atoms with Gasteiger partial charge in [0.15, 0.2) is 6.04 Å². The molecule has 4 rings (SSSR count). The second-order valence-electron chi connectivity index (χ2n) is 7.69. The molecule has 3 aromatic carbocycles. The summed E-state index contributed by atoms with van der Waals surface area (Å²) in [7, 11) is 0. The molecule has 1 heterocycles. The van der Waals surface area contributed by atoms with Gasteiger partial charge in [0.05, 0.1) is 6.61 Å². The van der Waals surface area contributed by atoms with Gasteiger partial charge < -0.3 is 10.1 Å². The summed E-state index contributed by atoms with van der Waals surface area (Å²) in [4.78, 5) is 25.8. The third-order valence-corrected chi connectivity index (χ3v) is 5.32. The number of hydrogen-bond donors (Lipinski definition) is 2. The fraction of sp³-hybridized carbons (Fsp3) is 0.192. The number of hydrazine groups is 1. The second-order valence-corrected chi connectivity index (χ2v) is 7.69. The minimum atomic E-state index is -0.746. The van der Waals surface area contributed by atoms with Gasteiger partial charge in [-0.2, -0.15) is 0 Å². The van der Waals surface area contributed by atoms with Crippen LogP contribution in [0.25, 0.3) is 0 Å². The average Bonchev–Trinajstić information content (AvgIpc) is 3.10. The molecule has 2 N–H and O–H groups in total. The van der Waals surface area contributed by atoms with Gasteiger partial charge in [0.1, 0.15) is 5.75 Å². The summed E-state index contributed by atoms with van der Waals surface area (Å²) in [5.74, 6) is 0.248. The zero-order valence-corrected chi connectivity index (χ0v) is 18.1. The van der Waals surface area contributed by atoms with Crippen LogP contribution in [-0.2, 0) is 4.79 Å². The molecule has 2 amide bonds. The van der Waals surface area contributed by atoms with Crippen LogP contribution in [0.5, 0.6) is 5.75 Å². The number of hydrogen-bond acceptors (Lipinski definition) is 3. The molecule has 6 heteroatoms. The average molecular weight is 429 g/mol. The summed E-state index contributed by atoms with van der Waals surface area (Å²) in [6.07, 6.45) is 1.87. The number of amides is 2. The van der Waals surface area contributed by atoms with Gasteiger partial charge in [-0.15, -0.1) is 10.1 Å². The van der Waals surface area contributed by atoms with E-state index in [0.29, 0.717) is 12.2 Å². The van der Waals surface area contributed by atoms with Gasteiger partial charge in [-0.25, -0.2) is 0 Å². The predicted molar refractivity (Wildman–Crippen MR) is 123 cm³/mol. The maximum absolute atomic E-state index is 12.9. The van der Waals surface area contributed by atoms with E-state index >= 15 is 0 Å². The number of aryl methyl sites for hydroxylation is 1. The molecule has 3 aromatic rings.